The Balaban J connectivity index is 0.00000256. The van der Waals surface area contributed by atoms with Crippen molar-refractivity contribution in [1.82, 2.24) is 5.32 Å². The van der Waals surface area contributed by atoms with E-state index < -0.39 is 6.04 Å². The second-order valence-corrected chi connectivity index (χ2v) is 6.09. The molecular formula is C12H21ClN2OS. The molecule has 0 fully saturated rings. The highest BCUT2D eigenvalue weighted by molar-refractivity contribution is 7.10. The number of rotatable bonds is 3. The Kier molecular flexibility index (Phi) is 6.16. The van der Waals surface area contributed by atoms with Crippen LogP contribution in [0.5, 0.6) is 0 Å². The monoisotopic (exact) mass is 276 g/mol. The first-order chi connectivity index (χ1) is 7.32. The maximum absolute atomic E-state index is 11.8. The van der Waals surface area contributed by atoms with Crippen LogP contribution in [0.25, 0.3) is 0 Å². The van der Waals surface area contributed by atoms with Gasteiger partial charge in [0, 0.05) is 4.88 Å². The van der Waals surface area contributed by atoms with Gasteiger partial charge in [0.1, 0.15) is 0 Å². The van der Waals surface area contributed by atoms with Crippen LogP contribution in [0.3, 0.4) is 0 Å². The van der Waals surface area contributed by atoms with E-state index in [-0.39, 0.29) is 23.7 Å². The second-order valence-electron chi connectivity index (χ2n) is 5.09. The van der Waals surface area contributed by atoms with E-state index in [0.29, 0.717) is 6.54 Å². The first kappa shape index (κ1) is 16.4. The summed E-state index contributed by atoms with van der Waals surface area (Å²) in [6.07, 6.45) is 0. The van der Waals surface area contributed by atoms with Crippen molar-refractivity contribution in [3.05, 3.63) is 21.9 Å². The number of halogens is 1. The molecule has 0 aliphatic heterocycles. The van der Waals surface area contributed by atoms with Gasteiger partial charge in [-0.25, -0.2) is 0 Å². The number of nitrogens with one attached hydrogen (secondary N) is 1. The van der Waals surface area contributed by atoms with Crippen LogP contribution >= 0.6 is 23.7 Å². The van der Waals surface area contributed by atoms with Crippen molar-refractivity contribution < 1.29 is 4.79 Å². The lowest BCUT2D eigenvalue weighted by molar-refractivity contribution is -0.124. The fraction of sp³-hybridized carbons (Fsp3) is 0.583. The van der Waals surface area contributed by atoms with Crippen molar-refractivity contribution >= 4 is 29.7 Å². The first-order valence-corrected chi connectivity index (χ1v) is 6.26. The maximum atomic E-state index is 11.8. The van der Waals surface area contributed by atoms with E-state index >= 15 is 0 Å². The number of thiophene rings is 1. The molecule has 1 rings (SSSR count). The Labute approximate surface area is 113 Å². The fourth-order valence-electron chi connectivity index (χ4n) is 1.26. The number of hydrogen-bond donors (Lipinski definition) is 2. The highest BCUT2D eigenvalue weighted by Gasteiger charge is 2.27. The summed E-state index contributed by atoms with van der Waals surface area (Å²) in [5.41, 5.74) is 6.88. The number of aryl methyl sites for hydroxylation is 1. The minimum Gasteiger partial charge on any atom is -0.350 e. The summed E-state index contributed by atoms with van der Waals surface area (Å²) in [6.45, 7) is 8.52. The van der Waals surface area contributed by atoms with Crippen LogP contribution < -0.4 is 11.1 Å². The summed E-state index contributed by atoms with van der Waals surface area (Å²) in [5.74, 6) is -0.0831. The second kappa shape index (κ2) is 6.38. The minimum absolute atomic E-state index is 0. The highest BCUT2D eigenvalue weighted by Crippen LogP contribution is 2.18. The van der Waals surface area contributed by atoms with Crippen LogP contribution in [-0.4, -0.2) is 11.9 Å². The summed E-state index contributed by atoms with van der Waals surface area (Å²) in [6, 6.07) is 1.59. The van der Waals surface area contributed by atoms with Gasteiger partial charge in [0.05, 0.1) is 12.6 Å². The van der Waals surface area contributed by atoms with E-state index in [1.54, 1.807) is 11.3 Å². The van der Waals surface area contributed by atoms with Crippen LogP contribution in [0.1, 0.15) is 31.2 Å². The molecule has 98 valence electrons. The van der Waals surface area contributed by atoms with E-state index in [2.05, 4.69) is 11.4 Å². The number of amides is 1. The van der Waals surface area contributed by atoms with Gasteiger partial charge in [-0.1, -0.05) is 20.8 Å². The predicted octanol–water partition coefficient (Wildman–Crippen LogP) is 2.47. The molecule has 17 heavy (non-hydrogen) atoms. The van der Waals surface area contributed by atoms with Gasteiger partial charge < -0.3 is 11.1 Å². The molecule has 0 bridgehead atoms. The Bertz CT molecular complexity index is 371. The molecule has 1 heterocycles. The van der Waals surface area contributed by atoms with Crippen LogP contribution in [0.4, 0.5) is 0 Å². The third-order valence-corrected chi connectivity index (χ3v) is 3.63. The molecule has 0 saturated heterocycles. The molecular weight excluding hydrogens is 256 g/mol. The summed E-state index contributed by atoms with van der Waals surface area (Å²) in [4.78, 5) is 13.0. The lowest BCUT2D eigenvalue weighted by atomic mass is 9.87. The Morgan fingerprint density at radius 3 is 2.53 bits per heavy atom. The van der Waals surface area contributed by atoms with Crippen LogP contribution in [0.2, 0.25) is 0 Å². The number of nitrogens with two attached hydrogens (primary N) is 1. The van der Waals surface area contributed by atoms with Crippen LogP contribution in [-0.2, 0) is 11.3 Å². The van der Waals surface area contributed by atoms with Crippen molar-refractivity contribution in [1.29, 1.82) is 0 Å². The molecule has 5 heteroatoms. The van der Waals surface area contributed by atoms with Crippen molar-refractivity contribution in [3.8, 4) is 0 Å². The molecule has 1 amide bonds. The first-order valence-electron chi connectivity index (χ1n) is 5.38. The Morgan fingerprint density at radius 2 is 2.12 bits per heavy atom. The standard InChI is InChI=1S/C12H20N2OS.ClH/c1-8-5-6-16-9(8)7-14-11(15)10(13)12(2,3)4;/h5-6,10H,7,13H2,1-4H3,(H,14,15);1H/t10-;/m1./s1. The largest absolute Gasteiger partial charge is 0.350 e. The molecule has 1 aromatic heterocycles. The van der Waals surface area contributed by atoms with E-state index in [1.165, 1.54) is 10.4 Å². The molecule has 0 aliphatic carbocycles. The summed E-state index contributed by atoms with van der Waals surface area (Å²) < 4.78 is 0. The van der Waals surface area contributed by atoms with E-state index in [1.807, 2.05) is 33.1 Å². The van der Waals surface area contributed by atoms with Crippen molar-refractivity contribution in [2.45, 2.75) is 40.3 Å². The van der Waals surface area contributed by atoms with Gasteiger partial charge in [-0.15, -0.1) is 23.7 Å². The quantitative estimate of drug-likeness (QED) is 0.891. The van der Waals surface area contributed by atoms with E-state index in [4.69, 9.17) is 5.73 Å². The maximum Gasteiger partial charge on any atom is 0.237 e. The summed E-state index contributed by atoms with van der Waals surface area (Å²) in [7, 11) is 0. The van der Waals surface area contributed by atoms with Crippen LogP contribution in [0, 0.1) is 12.3 Å². The molecule has 0 aliphatic rings. The lowest BCUT2D eigenvalue weighted by Crippen LogP contribution is -2.48. The van der Waals surface area contributed by atoms with Gasteiger partial charge in [-0.3, -0.25) is 4.79 Å². The topological polar surface area (TPSA) is 55.1 Å². The Morgan fingerprint density at radius 1 is 1.53 bits per heavy atom. The van der Waals surface area contributed by atoms with E-state index in [9.17, 15) is 4.79 Å². The molecule has 0 unspecified atom stereocenters. The minimum atomic E-state index is -0.465. The molecule has 3 N–H and O–H groups in total. The molecule has 0 spiro atoms. The van der Waals surface area contributed by atoms with Gasteiger partial charge in [-0.2, -0.15) is 0 Å². The summed E-state index contributed by atoms with van der Waals surface area (Å²) in [5, 5.41) is 4.91. The SMILES string of the molecule is Cc1ccsc1CNC(=O)[C@@H](N)C(C)(C)C.Cl. The Hall–Kier alpha value is -0.580. The zero-order chi connectivity index (χ0) is 12.3. The summed E-state index contributed by atoms with van der Waals surface area (Å²) >= 11 is 1.66. The van der Waals surface area contributed by atoms with Gasteiger partial charge in [0.25, 0.3) is 0 Å². The number of carbonyl (C=O) groups is 1. The highest BCUT2D eigenvalue weighted by atomic mass is 35.5. The van der Waals surface area contributed by atoms with Crippen molar-refractivity contribution in [2.75, 3.05) is 0 Å². The average molecular weight is 277 g/mol. The molecule has 0 aromatic carbocycles. The van der Waals surface area contributed by atoms with E-state index in [0.717, 1.165) is 0 Å². The molecule has 1 atom stereocenters. The number of carbonyl (C=O) groups excluding carboxylic acids is 1. The fourth-order valence-corrected chi connectivity index (χ4v) is 2.10. The smallest absolute Gasteiger partial charge is 0.237 e. The van der Waals surface area contributed by atoms with Gasteiger partial charge in [0.2, 0.25) is 5.91 Å². The average Bonchev–Trinajstić information content (AvgIpc) is 2.58. The molecule has 3 nitrogen and oxygen atoms in total. The zero-order valence-electron chi connectivity index (χ0n) is 10.7. The van der Waals surface area contributed by atoms with Crippen molar-refractivity contribution in [2.24, 2.45) is 11.1 Å². The zero-order valence-corrected chi connectivity index (χ0v) is 12.4. The molecule has 1 aromatic rings. The lowest BCUT2D eigenvalue weighted by Gasteiger charge is -2.25. The third kappa shape index (κ3) is 4.66. The predicted molar refractivity (Wildman–Crippen MR) is 75.6 cm³/mol. The molecule has 0 saturated carbocycles. The van der Waals surface area contributed by atoms with Gasteiger partial charge in [0.15, 0.2) is 0 Å². The molecule has 0 radical (unpaired) electrons. The number of hydrogen-bond acceptors (Lipinski definition) is 3. The third-order valence-electron chi connectivity index (χ3n) is 2.61. The van der Waals surface area contributed by atoms with Gasteiger partial charge in [-0.05, 0) is 29.3 Å². The van der Waals surface area contributed by atoms with Crippen LogP contribution in [0.15, 0.2) is 11.4 Å². The van der Waals surface area contributed by atoms with Gasteiger partial charge >= 0.3 is 0 Å². The normalized spacial score (nSPS) is 12.8. The van der Waals surface area contributed by atoms with Crippen molar-refractivity contribution in [3.63, 3.8) is 0 Å².